The Morgan fingerprint density at radius 1 is 1.12 bits per heavy atom. The normalized spacial score (nSPS) is 31.8. The van der Waals surface area contributed by atoms with Crippen molar-refractivity contribution in [1.82, 2.24) is 14.9 Å². The molecule has 6 nitrogen and oxygen atoms in total. The molecule has 0 spiro atoms. The second-order valence-electron chi connectivity index (χ2n) is 7.23. The number of carbonyl (C=O) groups is 1. The van der Waals surface area contributed by atoms with Gasteiger partial charge in [-0.25, -0.2) is 9.97 Å². The Bertz CT molecular complexity index is 645. The first-order valence-electron chi connectivity index (χ1n) is 8.55. The molecule has 2 bridgehead atoms. The number of hydrogen-bond donors (Lipinski definition) is 1. The van der Waals surface area contributed by atoms with Gasteiger partial charge in [0.25, 0.3) is 0 Å². The number of aromatic nitrogens is 2. The Morgan fingerprint density at radius 2 is 1.68 bits per heavy atom. The van der Waals surface area contributed by atoms with Gasteiger partial charge in [-0.2, -0.15) is 13.2 Å². The van der Waals surface area contributed by atoms with Crippen molar-refractivity contribution in [3.63, 3.8) is 0 Å². The van der Waals surface area contributed by atoms with Crippen molar-refractivity contribution in [1.29, 1.82) is 0 Å². The molecule has 136 valence electrons. The molecule has 0 radical (unpaired) electrons. The van der Waals surface area contributed by atoms with Gasteiger partial charge in [0.1, 0.15) is 0 Å². The van der Waals surface area contributed by atoms with Crippen molar-refractivity contribution in [3.8, 4) is 0 Å². The third kappa shape index (κ3) is 2.94. The minimum absolute atomic E-state index is 0.0342. The first kappa shape index (κ1) is 16.6. The van der Waals surface area contributed by atoms with Gasteiger partial charge in [-0.3, -0.25) is 4.79 Å². The van der Waals surface area contributed by atoms with Gasteiger partial charge in [0, 0.05) is 49.5 Å². The van der Waals surface area contributed by atoms with Crippen molar-refractivity contribution in [3.05, 3.63) is 18.0 Å². The van der Waals surface area contributed by atoms with Gasteiger partial charge in [0.05, 0.1) is 5.56 Å². The zero-order valence-electron chi connectivity index (χ0n) is 13.6. The summed E-state index contributed by atoms with van der Waals surface area (Å²) in [5.74, 6) is 0.511. The van der Waals surface area contributed by atoms with E-state index in [1.807, 2.05) is 9.80 Å². The summed E-state index contributed by atoms with van der Waals surface area (Å²) in [4.78, 5) is 24.3. The van der Waals surface area contributed by atoms with Gasteiger partial charge in [0.15, 0.2) is 0 Å². The highest BCUT2D eigenvalue weighted by atomic mass is 19.4. The third-order valence-corrected chi connectivity index (χ3v) is 5.51. The molecule has 3 heterocycles. The fourth-order valence-electron chi connectivity index (χ4n) is 4.13. The topological polar surface area (TPSA) is 75.4 Å². The Labute approximate surface area is 143 Å². The lowest BCUT2D eigenvalue weighted by Gasteiger charge is -2.44. The minimum atomic E-state index is -4.44. The molecule has 2 saturated heterocycles. The zero-order chi connectivity index (χ0) is 17.8. The maximum absolute atomic E-state index is 12.7. The van der Waals surface area contributed by atoms with E-state index in [2.05, 4.69) is 9.97 Å². The maximum atomic E-state index is 12.7. The zero-order valence-corrected chi connectivity index (χ0v) is 13.6. The highest BCUT2D eigenvalue weighted by Gasteiger charge is 2.46. The second-order valence-corrected chi connectivity index (χ2v) is 7.23. The molecule has 1 aromatic heterocycles. The average Bonchev–Trinajstić information content (AvgIpc) is 2.80. The molecule has 3 aliphatic rings. The number of nitrogens with two attached hydrogens (primary N) is 1. The molecule has 2 unspecified atom stereocenters. The first-order chi connectivity index (χ1) is 11.8. The van der Waals surface area contributed by atoms with Gasteiger partial charge in [0.2, 0.25) is 11.9 Å². The molecule has 25 heavy (non-hydrogen) atoms. The number of alkyl halides is 3. The summed E-state index contributed by atoms with van der Waals surface area (Å²) in [7, 11) is 0. The van der Waals surface area contributed by atoms with Gasteiger partial charge >= 0.3 is 6.18 Å². The molecule has 2 atom stereocenters. The van der Waals surface area contributed by atoms with E-state index in [9.17, 15) is 18.0 Å². The number of nitrogens with zero attached hydrogens (tertiary/aromatic N) is 4. The van der Waals surface area contributed by atoms with E-state index in [0.717, 1.165) is 38.1 Å². The van der Waals surface area contributed by atoms with Crippen LogP contribution in [0.15, 0.2) is 12.4 Å². The highest BCUT2D eigenvalue weighted by Crippen LogP contribution is 2.37. The summed E-state index contributed by atoms with van der Waals surface area (Å²) in [6, 6.07) is 0.288. The van der Waals surface area contributed by atoms with Crippen LogP contribution in [0.5, 0.6) is 0 Å². The predicted octanol–water partition coefficient (Wildman–Crippen LogP) is 1.41. The van der Waals surface area contributed by atoms with Crippen LogP contribution in [0.2, 0.25) is 0 Å². The molecule has 1 saturated carbocycles. The molecule has 3 fully saturated rings. The molecular weight excluding hydrogens is 335 g/mol. The van der Waals surface area contributed by atoms with Crippen LogP contribution in [-0.4, -0.2) is 52.0 Å². The standard InChI is InChI=1S/C16H20F3N5O/c17-16(18,19)10-5-21-15(22-6-10)23-7-12-1-2-13(8-23)24(12)14(25)9-3-11(20)4-9/h5-6,9,11-13H,1-4,7-8,20H2. The fraction of sp³-hybridized carbons (Fsp3) is 0.688. The average molecular weight is 355 g/mol. The van der Waals surface area contributed by atoms with E-state index < -0.39 is 11.7 Å². The number of hydrogen-bond acceptors (Lipinski definition) is 5. The quantitative estimate of drug-likeness (QED) is 0.868. The van der Waals surface area contributed by atoms with Crippen LogP contribution >= 0.6 is 0 Å². The lowest BCUT2D eigenvalue weighted by atomic mass is 9.79. The van der Waals surface area contributed by atoms with Crippen molar-refractivity contribution < 1.29 is 18.0 Å². The minimum Gasteiger partial charge on any atom is -0.337 e. The van der Waals surface area contributed by atoms with Gasteiger partial charge < -0.3 is 15.5 Å². The van der Waals surface area contributed by atoms with Crippen molar-refractivity contribution in [2.75, 3.05) is 18.0 Å². The third-order valence-electron chi connectivity index (χ3n) is 5.51. The predicted molar refractivity (Wildman–Crippen MR) is 83.6 cm³/mol. The summed E-state index contributed by atoms with van der Waals surface area (Å²) >= 11 is 0. The van der Waals surface area contributed by atoms with Crippen LogP contribution in [0.3, 0.4) is 0 Å². The summed E-state index contributed by atoms with van der Waals surface area (Å²) in [6.45, 7) is 1.12. The molecule has 4 rings (SSSR count). The molecule has 9 heteroatoms. The summed E-state index contributed by atoms with van der Waals surface area (Å²) in [5, 5.41) is 0. The number of fused-ring (bicyclic) bond motifs is 2. The summed E-state index contributed by atoms with van der Waals surface area (Å²) < 4.78 is 37.9. The van der Waals surface area contributed by atoms with Crippen molar-refractivity contribution in [2.24, 2.45) is 11.7 Å². The van der Waals surface area contributed by atoms with E-state index in [0.29, 0.717) is 19.0 Å². The molecule has 1 aromatic rings. The molecule has 2 N–H and O–H groups in total. The fourth-order valence-corrected chi connectivity index (χ4v) is 4.13. The first-order valence-corrected chi connectivity index (χ1v) is 8.55. The smallest absolute Gasteiger partial charge is 0.337 e. The van der Waals surface area contributed by atoms with Crippen LogP contribution < -0.4 is 10.6 Å². The lowest BCUT2D eigenvalue weighted by molar-refractivity contribution is -0.142. The van der Waals surface area contributed by atoms with E-state index in [4.69, 9.17) is 5.73 Å². The Morgan fingerprint density at radius 3 is 2.16 bits per heavy atom. The largest absolute Gasteiger partial charge is 0.419 e. The van der Waals surface area contributed by atoms with Gasteiger partial charge in [-0.1, -0.05) is 0 Å². The van der Waals surface area contributed by atoms with Crippen LogP contribution in [-0.2, 0) is 11.0 Å². The number of amides is 1. The highest BCUT2D eigenvalue weighted by molar-refractivity contribution is 5.81. The summed E-state index contributed by atoms with van der Waals surface area (Å²) in [5.41, 5.74) is 4.93. The lowest BCUT2D eigenvalue weighted by Crippen LogP contribution is -2.59. The molecular formula is C16H20F3N5O. The number of rotatable bonds is 2. The molecule has 2 aliphatic heterocycles. The molecule has 1 aliphatic carbocycles. The van der Waals surface area contributed by atoms with E-state index >= 15 is 0 Å². The van der Waals surface area contributed by atoms with E-state index in [1.54, 1.807) is 0 Å². The second kappa shape index (κ2) is 5.82. The SMILES string of the molecule is NC1CC(C(=O)N2C3CCC2CN(c2ncc(C(F)(F)F)cn2)C3)C1. The Balaban J connectivity index is 1.45. The summed E-state index contributed by atoms with van der Waals surface area (Å²) in [6.07, 6.45) is 0.515. The number of halogens is 3. The Hall–Kier alpha value is -1.90. The maximum Gasteiger partial charge on any atom is 0.419 e. The monoisotopic (exact) mass is 355 g/mol. The van der Waals surface area contributed by atoms with Crippen molar-refractivity contribution in [2.45, 2.75) is 50.0 Å². The van der Waals surface area contributed by atoms with Crippen molar-refractivity contribution >= 4 is 11.9 Å². The van der Waals surface area contributed by atoms with Gasteiger partial charge in [-0.05, 0) is 25.7 Å². The van der Waals surface area contributed by atoms with Crippen LogP contribution in [0.1, 0.15) is 31.2 Å². The van der Waals surface area contributed by atoms with Crippen LogP contribution in [0.25, 0.3) is 0 Å². The van der Waals surface area contributed by atoms with E-state index in [-0.39, 0.29) is 30.0 Å². The Kier molecular flexibility index (Phi) is 3.86. The van der Waals surface area contributed by atoms with E-state index in [1.165, 1.54) is 0 Å². The number of carbonyl (C=O) groups excluding carboxylic acids is 1. The van der Waals surface area contributed by atoms with Crippen LogP contribution in [0, 0.1) is 5.92 Å². The van der Waals surface area contributed by atoms with Crippen LogP contribution in [0.4, 0.5) is 19.1 Å². The number of anilines is 1. The van der Waals surface area contributed by atoms with Gasteiger partial charge in [-0.15, -0.1) is 0 Å². The molecule has 1 amide bonds. The number of piperazine rings is 1. The molecule has 0 aromatic carbocycles.